The van der Waals surface area contributed by atoms with Crippen molar-refractivity contribution in [3.63, 3.8) is 0 Å². The highest BCUT2D eigenvalue weighted by atomic mass is 32.2. The van der Waals surface area contributed by atoms with Gasteiger partial charge in [-0.05, 0) is 57.9 Å². The monoisotopic (exact) mass is 466 g/mol. The number of likely N-dealkylation sites (tertiary alicyclic amines) is 1. The van der Waals surface area contributed by atoms with Crippen LogP contribution in [0.3, 0.4) is 0 Å². The van der Waals surface area contributed by atoms with Crippen molar-refractivity contribution in [1.29, 1.82) is 0 Å². The van der Waals surface area contributed by atoms with Crippen LogP contribution in [0.15, 0.2) is 34.5 Å². The molecule has 2 heterocycles. The highest BCUT2D eigenvalue weighted by Gasteiger charge is 2.36. The van der Waals surface area contributed by atoms with Gasteiger partial charge in [-0.25, -0.2) is 18.2 Å². The van der Waals surface area contributed by atoms with Gasteiger partial charge >= 0.3 is 6.09 Å². The van der Waals surface area contributed by atoms with Gasteiger partial charge in [-0.3, -0.25) is 0 Å². The zero-order valence-electron chi connectivity index (χ0n) is 18.7. The molecule has 1 fully saturated rings. The zero-order chi connectivity index (χ0) is 22.9. The molecule has 0 spiro atoms. The first kappa shape index (κ1) is 23.5. The molecule has 0 unspecified atom stereocenters. The molecule has 7 nitrogen and oxygen atoms in total. The number of sulfone groups is 1. The van der Waals surface area contributed by atoms with Gasteiger partial charge in [0.05, 0.1) is 15.6 Å². The van der Waals surface area contributed by atoms with E-state index in [0.29, 0.717) is 25.4 Å². The number of hydrogen-bond acceptors (Lipinski definition) is 7. The van der Waals surface area contributed by atoms with Crippen LogP contribution >= 0.6 is 11.3 Å². The lowest BCUT2D eigenvalue weighted by molar-refractivity contribution is 0.0171. The summed E-state index contributed by atoms with van der Waals surface area (Å²) >= 11 is 1.61. The third-order valence-electron chi connectivity index (χ3n) is 5.23. The topological polar surface area (TPSA) is 85.8 Å². The number of amides is 1. The number of hydrogen-bond donors (Lipinski definition) is 0. The van der Waals surface area contributed by atoms with Crippen molar-refractivity contribution in [2.75, 3.05) is 19.3 Å². The number of carbonyl (C=O) groups is 1. The van der Waals surface area contributed by atoms with Crippen LogP contribution in [0.5, 0.6) is 5.75 Å². The van der Waals surface area contributed by atoms with Gasteiger partial charge in [0, 0.05) is 30.1 Å². The summed E-state index contributed by atoms with van der Waals surface area (Å²) in [6.07, 6.45) is 2.57. The van der Waals surface area contributed by atoms with Crippen molar-refractivity contribution in [2.24, 2.45) is 0 Å². The molecular formula is C22H30N2O5S2. The molecule has 1 aliphatic rings. The zero-order valence-corrected chi connectivity index (χ0v) is 20.3. The van der Waals surface area contributed by atoms with Gasteiger partial charge in [0.2, 0.25) is 0 Å². The van der Waals surface area contributed by atoms with Crippen LogP contribution in [0.1, 0.15) is 51.2 Å². The maximum atomic E-state index is 12.3. The summed E-state index contributed by atoms with van der Waals surface area (Å²) < 4.78 is 34.3. The quantitative estimate of drug-likeness (QED) is 0.649. The lowest BCUT2D eigenvalue weighted by atomic mass is 9.81. The van der Waals surface area contributed by atoms with Crippen molar-refractivity contribution >= 4 is 27.3 Å². The Morgan fingerprint density at radius 1 is 1.19 bits per heavy atom. The molecule has 0 bridgehead atoms. The molecule has 0 aliphatic carbocycles. The fraction of sp³-hybridized carbons (Fsp3) is 0.545. The van der Waals surface area contributed by atoms with E-state index in [1.54, 1.807) is 28.4 Å². The lowest BCUT2D eigenvalue weighted by Gasteiger charge is -2.38. The molecule has 170 valence electrons. The summed E-state index contributed by atoms with van der Waals surface area (Å²) in [5.74, 6) is 0.596. The SMILES string of the molecule is CC(C)(C)OC(=O)N1CCC(C)(c2nc(COc3ccc(S(C)(=O)=O)cc3)cs2)CC1. The Morgan fingerprint density at radius 3 is 2.35 bits per heavy atom. The van der Waals surface area contributed by atoms with Gasteiger partial charge in [0.25, 0.3) is 0 Å². The van der Waals surface area contributed by atoms with Crippen molar-refractivity contribution in [3.05, 3.63) is 40.3 Å². The second-order valence-corrected chi connectivity index (χ2v) is 12.1. The van der Waals surface area contributed by atoms with Crippen molar-refractivity contribution in [3.8, 4) is 5.75 Å². The number of benzene rings is 1. The van der Waals surface area contributed by atoms with E-state index in [9.17, 15) is 13.2 Å². The first-order valence-electron chi connectivity index (χ1n) is 10.2. The summed E-state index contributed by atoms with van der Waals surface area (Å²) in [5.41, 5.74) is 0.258. The van der Waals surface area contributed by atoms with Gasteiger partial charge in [-0.15, -0.1) is 11.3 Å². The molecule has 2 aromatic rings. The number of rotatable bonds is 5. The molecule has 1 aromatic heterocycles. The van der Waals surface area contributed by atoms with Crippen LogP contribution < -0.4 is 4.74 Å². The van der Waals surface area contributed by atoms with Gasteiger partial charge in [-0.1, -0.05) is 6.92 Å². The van der Waals surface area contributed by atoms with Crippen LogP contribution in [0.25, 0.3) is 0 Å². The lowest BCUT2D eigenvalue weighted by Crippen LogP contribution is -2.45. The second-order valence-electron chi connectivity index (χ2n) is 9.20. The first-order chi connectivity index (χ1) is 14.4. The van der Waals surface area contributed by atoms with E-state index >= 15 is 0 Å². The summed E-state index contributed by atoms with van der Waals surface area (Å²) in [4.78, 5) is 19.1. The van der Waals surface area contributed by atoms with E-state index in [1.807, 2.05) is 26.2 Å². The Hall–Kier alpha value is -2.13. The fourth-order valence-electron chi connectivity index (χ4n) is 3.31. The molecule has 1 amide bonds. The molecule has 1 aromatic carbocycles. The number of thiazole rings is 1. The van der Waals surface area contributed by atoms with E-state index in [-0.39, 0.29) is 16.4 Å². The molecule has 9 heteroatoms. The average Bonchev–Trinajstić information content (AvgIpc) is 3.15. The molecular weight excluding hydrogens is 436 g/mol. The Balaban J connectivity index is 1.56. The van der Waals surface area contributed by atoms with E-state index in [1.165, 1.54) is 18.4 Å². The third-order valence-corrected chi connectivity index (χ3v) is 7.55. The third kappa shape index (κ3) is 6.20. The smallest absolute Gasteiger partial charge is 0.410 e. The van der Waals surface area contributed by atoms with Crippen LogP contribution in [0.4, 0.5) is 4.79 Å². The maximum absolute atomic E-state index is 12.3. The van der Waals surface area contributed by atoms with Gasteiger partial charge < -0.3 is 14.4 Å². The van der Waals surface area contributed by atoms with Crippen molar-refractivity contribution in [2.45, 2.75) is 63.1 Å². The number of piperidine rings is 1. The minimum atomic E-state index is -3.22. The van der Waals surface area contributed by atoms with Crippen molar-refractivity contribution in [1.82, 2.24) is 9.88 Å². The maximum Gasteiger partial charge on any atom is 0.410 e. The molecule has 1 aliphatic heterocycles. The van der Waals surface area contributed by atoms with Crippen LogP contribution in [-0.2, 0) is 26.6 Å². The number of ether oxygens (including phenoxy) is 2. The summed E-state index contributed by atoms with van der Waals surface area (Å²) in [5, 5.41) is 3.04. The average molecular weight is 467 g/mol. The van der Waals surface area contributed by atoms with Crippen LogP contribution in [0.2, 0.25) is 0 Å². The van der Waals surface area contributed by atoms with E-state index in [4.69, 9.17) is 14.5 Å². The summed E-state index contributed by atoms with van der Waals surface area (Å²) in [7, 11) is -3.22. The Labute approximate surface area is 188 Å². The normalized spacial score (nSPS) is 16.7. The summed E-state index contributed by atoms with van der Waals surface area (Å²) in [6, 6.07) is 6.38. The Bertz CT molecular complexity index is 1010. The van der Waals surface area contributed by atoms with E-state index < -0.39 is 15.4 Å². The Morgan fingerprint density at radius 2 is 1.81 bits per heavy atom. The standard InChI is InChI=1S/C22H30N2O5S2/c1-21(2,3)29-20(25)24-12-10-22(4,11-13-24)19-23-16(15-30-19)14-28-17-6-8-18(9-7-17)31(5,26)27/h6-9,15H,10-14H2,1-5H3. The highest BCUT2D eigenvalue weighted by molar-refractivity contribution is 7.90. The summed E-state index contributed by atoms with van der Waals surface area (Å²) in [6.45, 7) is 9.41. The van der Waals surface area contributed by atoms with Gasteiger partial charge in [-0.2, -0.15) is 0 Å². The predicted octanol–water partition coefficient (Wildman–Crippen LogP) is 4.41. The van der Waals surface area contributed by atoms with Gasteiger partial charge in [0.15, 0.2) is 9.84 Å². The number of aromatic nitrogens is 1. The predicted molar refractivity (Wildman–Crippen MR) is 120 cm³/mol. The first-order valence-corrected chi connectivity index (χ1v) is 13.0. The van der Waals surface area contributed by atoms with Crippen LogP contribution in [0, 0.1) is 0 Å². The molecule has 0 N–H and O–H groups in total. The van der Waals surface area contributed by atoms with Crippen LogP contribution in [-0.4, -0.2) is 49.3 Å². The fourth-order valence-corrected chi connectivity index (χ4v) is 4.97. The van der Waals surface area contributed by atoms with E-state index in [2.05, 4.69) is 6.92 Å². The molecule has 0 saturated carbocycles. The second kappa shape index (κ2) is 8.78. The molecule has 1 saturated heterocycles. The van der Waals surface area contributed by atoms with Gasteiger partial charge in [0.1, 0.15) is 18.0 Å². The minimum absolute atomic E-state index is 0.0848. The minimum Gasteiger partial charge on any atom is -0.487 e. The van der Waals surface area contributed by atoms with E-state index in [0.717, 1.165) is 23.5 Å². The molecule has 3 rings (SSSR count). The number of nitrogens with zero attached hydrogens (tertiary/aromatic N) is 2. The molecule has 0 radical (unpaired) electrons. The highest BCUT2D eigenvalue weighted by Crippen LogP contribution is 2.37. The largest absolute Gasteiger partial charge is 0.487 e. The number of carbonyl (C=O) groups excluding carboxylic acids is 1. The van der Waals surface area contributed by atoms with Crippen molar-refractivity contribution < 1.29 is 22.7 Å². The molecule has 0 atom stereocenters. The Kier molecular flexibility index (Phi) is 6.67. The molecule has 31 heavy (non-hydrogen) atoms.